The number of aliphatic imine (C=N–C) groups is 1. The van der Waals surface area contributed by atoms with E-state index in [1.807, 2.05) is 0 Å². The average molecular weight is 482 g/mol. The maximum atomic E-state index is 13.4. The molecule has 0 fully saturated rings. The van der Waals surface area contributed by atoms with Gasteiger partial charge in [-0.15, -0.1) is 0 Å². The summed E-state index contributed by atoms with van der Waals surface area (Å²) in [6, 6.07) is 4.22. The molecule has 0 saturated heterocycles. The van der Waals surface area contributed by atoms with E-state index < -0.39 is 17.2 Å². The van der Waals surface area contributed by atoms with Crippen LogP contribution in [-0.4, -0.2) is 35.4 Å². The topological polar surface area (TPSA) is 106 Å². The van der Waals surface area contributed by atoms with Gasteiger partial charge in [0.1, 0.15) is 17.8 Å². The third-order valence-electron chi connectivity index (χ3n) is 7.26. The highest BCUT2D eigenvalue weighted by molar-refractivity contribution is 5.96. The molecule has 8 nitrogen and oxygen atoms in total. The van der Waals surface area contributed by atoms with Crippen molar-refractivity contribution in [3.63, 3.8) is 0 Å². The molecule has 8 heteroatoms. The Morgan fingerprint density at radius 2 is 1.86 bits per heavy atom. The summed E-state index contributed by atoms with van der Waals surface area (Å²) in [7, 11) is 0. The molecule has 2 aliphatic carbocycles. The molecule has 35 heavy (non-hydrogen) atoms. The van der Waals surface area contributed by atoms with E-state index in [-0.39, 0.29) is 24.0 Å². The van der Waals surface area contributed by atoms with Gasteiger partial charge < -0.3 is 24.4 Å². The molecule has 2 N–H and O–H groups in total. The van der Waals surface area contributed by atoms with Crippen molar-refractivity contribution < 1.29 is 23.9 Å². The van der Waals surface area contributed by atoms with Crippen molar-refractivity contribution in [2.24, 2.45) is 4.99 Å². The van der Waals surface area contributed by atoms with E-state index in [4.69, 9.17) is 14.0 Å². The molecule has 1 unspecified atom stereocenters. The summed E-state index contributed by atoms with van der Waals surface area (Å²) in [4.78, 5) is 18.0. The first-order valence-electron chi connectivity index (χ1n) is 12.9. The number of amidine groups is 1. The van der Waals surface area contributed by atoms with Crippen LogP contribution in [0.4, 0.5) is 5.69 Å². The molecule has 0 spiro atoms. The second-order valence-corrected chi connectivity index (χ2v) is 10.4. The number of hydrogen-bond acceptors (Lipinski definition) is 8. The summed E-state index contributed by atoms with van der Waals surface area (Å²) in [5.41, 5.74) is 4.02. The van der Waals surface area contributed by atoms with E-state index in [1.165, 1.54) is 22.3 Å². The second kappa shape index (κ2) is 9.30. The number of rotatable bonds is 8. The van der Waals surface area contributed by atoms with Gasteiger partial charge >= 0.3 is 5.97 Å². The number of nitrogens with zero attached hydrogens (tertiary/aromatic N) is 2. The third kappa shape index (κ3) is 4.44. The number of carbonyl (C=O) groups excluding carboxylic acids is 1. The van der Waals surface area contributed by atoms with Gasteiger partial charge in [0.2, 0.25) is 0 Å². The Morgan fingerprint density at radius 3 is 2.49 bits per heavy atom. The predicted octanol–water partition coefficient (Wildman–Crippen LogP) is 4.31. The second-order valence-electron chi connectivity index (χ2n) is 10.4. The van der Waals surface area contributed by atoms with Gasteiger partial charge in [0.05, 0.1) is 6.61 Å². The Bertz CT molecular complexity index is 1110. The first-order valence-corrected chi connectivity index (χ1v) is 12.9. The zero-order valence-electron chi connectivity index (χ0n) is 20.9. The van der Waals surface area contributed by atoms with E-state index in [2.05, 4.69) is 28.5 Å². The van der Waals surface area contributed by atoms with Gasteiger partial charge in [-0.25, -0.2) is 9.79 Å². The summed E-state index contributed by atoms with van der Waals surface area (Å²) in [5, 5.41) is 17.9. The van der Waals surface area contributed by atoms with E-state index >= 15 is 0 Å². The summed E-state index contributed by atoms with van der Waals surface area (Å²) in [5.74, 6) is -0.303. The molecule has 1 atom stereocenters. The van der Waals surface area contributed by atoms with Gasteiger partial charge in [-0.05, 0) is 81.0 Å². The monoisotopic (exact) mass is 481 g/mol. The molecule has 0 saturated carbocycles. The molecule has 0 bridgehead atoms. The fraction of sp³-hybridized carbons (Fsp3) is 0.593. The number of benzene rings is 1. The van der Waals surface area contributed by atoms with E-state index in [9.17, 15) is 9.90 Å². The largest absolute Gasteiger partial charge is 0.462 e. The highest BCUT2D eigenvalue weighted by atomic mass is 16.6. The minimum absolute atomic E-state index is 0.0248. The number of aliphatic hydroxyl groups is 1. The average Bonchev–Trinajstić information content (AvgIpc) is 3.61. The third-order valence-corrected chi connectivity index (χ3v) is 7.26. The fourth-order valence-electron chi connectivity index (χ4n) is 5.28. The van der Waals surface area contributed by atoms with Crippen LogP contribution in [0.15, 0.2) is 21.6 Å². The lowest BCUT2D eigenvalue weighted by atomic mass is 9.97. The molecule has 2 heterocycles. The maximum absolute atomic E-state index is 13.4. The van der Waals surface area contributed by atoms with Crippen molar-refractivity contribution in [3.8, 4) is 0 Å². The van der Waals surface area contributed by atoms with Crippen molar-refractivity contribution in [3.05, 3.63) is 45.8 Å². The van der Waals surface area contributed by atoms with Crippen LogP contribution in [0.3, 0.4) is 0 Å². The smallest absolute Gasteiger partial charge is 0.359 e. The maximum Gasteiger partial charge on any atom is 0.359 e. The molecule has 3 aliphatic rings. The van der Waals surface area contributed by atoms with Crippen LogP contribution in [0.25, 0.3) is 0 Å². The van der Waals surface area contributed by atoms with Crippen molar-refractivity contribution >= 4 is 17.7 Å². The van der Waals surface area contributed by atoms with Gasteiger partial charge in [-0.2, -0.15) is 0 Å². The van der Waals surface area contributed by atoms with Crippen LogP contribution in [0.5, 0.6) is 0 Å². The molecular weight excluding hydrogens is 446 g/mol. The number of unbranched alkanes of at least 4 members (excludes halogenated alkanes) is 2. The Labute approximate surface area is 206 Å². The van der Waals surface area contributed by atoms with Crippen LogP contribution < -0.4 is 5.32 Å². The lowest BCUT2D eigenvalue weighted by Gasteiger charge is -2.24. The van der Waals surface area contributed by atoms with Crippen molar-refractivity contribution in [1.29, 1.82) is 0 Å². The number of hydrogen-bond donors (Lipinski definition) is 2. The summed E-state index contributed by atoms with van der Waals surface area (Å²) in [6.45, 7) is 5.62. The Balaban J connectivity index is 1.42. The number of esters is 1. The van der Waals surface area contributed by atoms with Crippen molar-refractivity contribution in [1.82, 2.24) is 5.16 Å². The molecule has 188 valence electrons. The van der Waals surface area contributed by atoms with Gasteiger partial charge in [-0.3, -0.25) is 0 Å². The molecule has 1 aromatic carbocycles. The number of carbonyl (C=O) groups is 1. The normalized spacial score (nSPS) is 20.9. The number of nitrogens with one attached hydrogen (secondary N) is 1. The summed E-state index contributed by atoms with van der Waals surface area (Å²) >= 11 is 0. The highest BCUT2D eigenvalue weighted by Gasteiger charge is 2.52. The van der Waals surface area contributed by atoms with E-state index in [1.54, 1.807) is 19.9 Å². The van der Waals surface area contributed by atoms with E-state index in [0.717, 1.165) is 63.5 Å². The van der Waals surface area contributed by atoms with Crippen molar-refractivity contribution in [2.75, 3.05) is 18.5 Å². The number of anilines is 1. The van der Waals surface area contributed by atoms with Crippen molar-refractivity contribution in [2.45, 2.75) is 89.8 Å². The standard InChI is InChI=1S/C27H35N3O5/c1-4-5-6-13-33-24(31)27(21-15-22(35-30-21)26(2,3)32)16-28-25(34-27)29-23-19-11-7-9-17(19)14-18-10-8-12-20(18)23/h14-15,32H,4-13,16H2,1-3H3,(H,28,29). The number of aryl methyl sites for hydroxylation is 2. The minimum atomic E-state index is -1.55. The SMILES string of the molecule is CCCCCOC(=O)C1(c2cc(C(C)(C)O)on2)CN=C(Nc2c3c(cc4c2CCC4)CCC3)O1. The first-order chi connectivity index (χ1) is 16.8. The molecule has 2 aromatic rings. The predicted molar refractivity (Wildman–Crippen MR) is 131 cm³/mol. The zero-order chi connectivity index (χ0) is 24.6. The zero-order valence-corrected chi connectivity index (χ0v) is 20.9. The molecule has 1 aliphatic heterocycles. The van der Waals surface area contributed by atoms with E-state index in [0.29, 0.717) is 6.61 Å². The fourth-order valence-corrected chi connectivity index (χ4v) is 5.28. The summed E-state index contributed by atoms with van der Waals surface area (Å²) < 4.78 is 17.3. The first kappa shape index (κ1) is 23.9. The van der Waals surface area contributed by atoms with Crippen LogP contribution in [0, 0.1) is 0 Å². The summed E-state index contributed by atoms with van der Waals surface area (Å²) in [6.07, 6.45) is 9.32. The lowest BCUT2D eigenvalue weighted by Crippen LogP contribution is -2.42. The Kier molecular flexibility index (Phi) is 6.34. The number of ether oxygens (including phenoxy) is 2. The Morgan fingerprint density at radius 1 is 1.14 bits per heavy atom. The molecular formula is C27H35N3O5. The molecule has 1 aromatic heterocycles. The molecule has 5 rings (SSSR count). The minimum Gasteiger partial charge on any atom is -0.462 e. The van der Waals surface area contributed by atoms with Crippen LogP contribution in [0.2, 0.25) is 0 Å². The number of aromatic nitrogens is 1. The molecule has 0 amide bonds. The number of fused-ring (bicyclic) bond motifs is 2. The van der Waals surface area contributed by atoms with Crippen LogP contribution >= 0.6 is 0 Å². The highest BCUT2D eigenvalue weighted by Crippen LogP contribution is 2.40. The van der Waals surface area contributed by atoms with Gasteiger partial charge in [0.15, 0.2) is 5.76 Å². The molecule has 0 radical (unpaired) electrons. The van der Waals surface area contributed by atoms with Gasteiger partial charge in [0, 0.05) is 11.8 Å². The van der Waals surface area contributed by atoms with Gasteiger partial charge in [-0.1, -0.05) is 31.0 Å². The lowest BCUT2D eigenvalue weighted by molar-refractivity contribution is -0.163. The van der Waals surface area contributed by atoms with Crippen LogP contribution in [-0.2, 0) is 51.2 Å². The Hall–Kier alpha value is -2.87. The quantitative estimate of drug-likeness (QED) is 0.427. The van der Waals surface area contributed by atoms with Gasteiger partial charge in [0.25, 0.3) is 11.6 Å². The van der Waals surface area contributed by atoms with Crippen LogP contribution in [0.1, 0.15) is 86.6 Å².